The SMILES string of the molecule is CCCCCCCCCCCC(C)(C)c1ccccc1. The summed E-state index contributed by atoms with van der Waals surface area (Å²) in [5, 5.41) is 0. The van der Waals surface area contributed by atoms with Gasteiger partial charge in [-0.25, -0.2) is 0 Å². The second kappa shape index (κ2) is 10.0. The molecule has 0 bridgehead atoms. The van der Waals surface area contributed by atoms with Gasteiger partial charge >= 0.3 is 0 Å². The maximum absolute atomic E-state index is 2.38. The van der Waals surface area contributed by atoms with E-state index in [4.69, 9.17) is 0 Å². The van der Waals surface area contributed by atoms with Gasteiger partial charge in [-0.3, -0.25) is 0 Å². The standard InChI is InChI=1S/C20H34/c1-4-5-6-7-8-9-10-11-15-18-20(2,3)19-16-13-12-14-17-19/h12-14,16-17H,4-11,15,18H2,1-3H3. The van der Waals surface area contributed by atoms with E-state index in [0.29, 0.717) is 5.41 Å². The summed E-state index contributed by atoms with van der Waals surface area (Å²) >= 11 is 0. The highest BCUT2D eigenvalue weighted by Gasteiger charge is 2.19. The number of hydrogen-bond acceptors (Lipinski definition) is 0. The fourth-order valence-electron chi connectivity index (χ4n) is 2.91. The van der Waals surface area contributed by atoms with Crippen LogP contribution in [0.3, 0.4) is 0 Å². The van der Waals surface area contributed by atoms with Gasteiger partial charge in [0.15, 0.2) is 0 Å². The van der Waals surface area contributed by atoms with Crippen LogP contribution in [0.4, 0.5) is 0 Å². The Morgan fingerprint density at radius 1 is 0.700 bits per heavy atom. The fourth-order valence-corrected chi connectivity index (χ4v) is 2.91. The van der Waals surface area contributed by atoms with Gasteiger partial charge in [-0.15, -0.1) is 0 Å². The molecule has 0 heteroatoms. The molecule has 0 spiro atoms. The second-order valence-electron chi connectivity index (χ2n) is 6.83. The quantitative estimate of drug-likeness (QED) is 0.386. The Kier molecular flexibility index (Phi) is 8.65. The lowest BCUT2D eigenvalue weighted by molar-refractivity contribution is 0.441. The molecule has 0 saturated carbocycles. The van der Waals surface area contributed by atoms with E-state index in [9.17, 15) is 0 Å². The van der Waals surface area contributed by atoms with Crippen molar-refractivity contribution in [2.24, 2.45) is 0 Å². The highest BCUT2D eigenvalue weighted by atomic mass is 14.2. The Bertz CT molecular complexity index is 323. The minimum absolute atomic E-state index is 0.336. The molecule has 0 amide bonds. The average molecular weight is 274 g/mol. The normalized spacial score (nSPS) is 11.8. The second-order valence-corrected chi connectivity index (χ2v) is 6.83. The van der Waals surface area contributed by atoms with Crippen LogP contribution in [0.2, 0.25) is 0 Å². The highest BCUT2D eigenvalue weighted by Crippen LogP contribution is 2.29. The molecule has 0 aliphatic heterocycles. The number of hydrogen-bond donors (Lipinski definition) is 0. The van der Waals surface area contributed by atoms with Crippen LogP contribution in [0.25, 0.3) is 0 Å². The summed E-state index contributed by atoms with van der Waals surface area (Å²) in [6, 6.07) is 11.0. The van der Waals surface area contributed by atoms with Crippen LogP contribution in [0.15, 0.2) is 30.3 Å². The molecule has 0 aromatic heterocycles. The van der Waals surface area contributed by atoms with Crippen LogP contribution >= 0.6 is 0 Å². The molecule has 0 saturated heterocycles. The third-order valence-corrected chi connectivity index (χ3v) is 4.46. The lowest BCUT2D eigenvalue weighted by Gasteiger charge is -2.25. The summed E-state index contributed by atoms with van der Waals surface area (Å²) < 4.78 is 0. The van der Waals surface area contributed by atoms with Crippen molar-refractivity contribution >= 4 is 0 Å². The first-order valence-electron chi connectivity index (χ1n) is 8.72. The van der Waals surface area contributed by atoms with E-state index >= 15 is 0 Å². The van der Waals surface area contributed by atoms with Gasteiger partial charge in [0.2, 0.25) is 0 Å². The van der Waals surface area contributed by atoms with Gasteiger partial charge < -0.3 is 0 Å². The lowest BCUT2D eigenvalue weighted by Crippen LogP contribution is -2.16. The minimum atomic E-state index is 0.336. The summed E-state index contributed by atoms with van der Waals surface area (Å²) in [5.41, 5.74) is 1.82. The summed E-state index contributed by atoms with van der Waals surface area (Å²) in [4.78, 5) is 0. The zero-order chi connectivity index (χ0) is 14.7. The van der Waals surface area contributed by atoms with E-state index in [1.165, 1.54) is 69.8 Å². The molecule has 0 aliphatic carbocycles. The Balaban J connectivity index is 2.06. The van der Waals surface area contributed by atoms with E-state index in [-0.39, 0.29) is 0 Å². The Hall–Kier alpha value is -0.780. The molecule has 1 aromatic rings. The predicted octanol–water partition coefficient (Wildman–Crippen LogP) is 6.89. The summed E-state index contributed by atoms with van der Waals surface area (Å²) in [5.74, 6) is 0. The molecule has 0 N–H and O–H groups in total. The third-order valence-electron chi connectivity index (χ3n) is 4.46. The monoisotopic (exact) mass is 274 g/mol. The minimum Gasteiger partial charge on any atom is -0.0654 e. The smallest absolute Gasteiger partial charge is 0.0104 e. The zero-order valence-corrected chi connectivity index (χ0v) is 14.0. The van der Waals surface area contributed by atoms with Gasteiger partial charge in [0.25, 0.3) is 0 Å². The van der Waals surface area contributed by atoms with Crippen molar-refractivity contribution in [3.05, 3.63) is 35.9 Å². The summed E-state index contributed by atoms with van der Waals surface area (Å²) in [6.07, 6.45) is 14.1. The van der Waals surface area contributed by atoms with E-state index in [1.807, 2.05) is 0 Å². The first-order valence-corrected chi connectivity index (χ1v) is 8.72. The molecule has 114 valence electrons. The zero-order valence-electron chi connectivity index (χ0n) is 14.0. The van der Waals surface area contributed by atoms with Crippen molar-refractivity contribution < 1.29 is 0 Å². The van der Waals surface area contributed by atoms with Gasteiger partial charge in [0.1, 0.15) is 0 Å². The van der Waals surface area contributed by atoms with Gasteiger partial charge in [0, 0.05) is 0 Å². The van der Waals surface area contributed by atoms with E-state index in [0.717, 1.165) is 0 Å². The molecule has 1 aromatic carbocycles. The molecular weight excluding hydrogens is 240 g/mol. The fraction of sp³-hybridized carbons (Fsp3) is 0.700. The predicted molar refractivity (Wildman–Crippen MR) is 91.3 cm³/mol. The summed E-state index contributed by atoms with van der Waals surface area (Å²) in [6.45, 7) is 7.05. The Labute approximate surface area is 127 Å². The van der Waals surface area contributed by atoms with Crippen molar-refractivity contribution in [2.75, 3.05) is 0 Å². The molecule has 0 aliphatic rings. The van der Waals surface area contributed by atoms with Gasteiger partial charge in [-0.1, -0.05) is 109 Å². The molecule has 0 heterocycles. The van der Waals surface area contributed by atoms with Gasteiger partial charge in [0.05, 0.1) is 0 Å². The topological polar surface area (TPSA) is 0 Å². The van der Waals surface area contributed by atoms with Crippen molar-refractivity contribution in [1.82, 2.24) is 0 Å². The van der Waals surface area contributed by atoms with E-state index < -0.39 is 0 Å². The third kappa shape index (κ3) is 7.12. The molecule has 0 nitrogen and oxygen atoms in total. The van der Waals surface area contributed by atoms with Gasteiger partial charge in [-0.2, -0.15) is 0 Å². The van der Waals surface area contributed by atoms with E-state index in [1.54, 1.807) is 0 Å². The highest BCUT2D eigenvalue weighted by molar-refractivity contribution is 5.23. The molecule has 0 atom stereocenters. The Morgan fingerprint density at radius 2 is 1.20 bits per heavy atom. The van der Waals surface area contributed by atoms with Crippen LogP contribution in [0.5, 0.6) is 0 Å². The molecule has 0 radical (unpaired) electrons. The average Bonchev–Trinajstić information content (AvgIpc) is 2.46. The van der Waals surface area contributed by atoms with E-state index in [2.05, 4.69) is 51.1 Å². The maximum atomic E-state index is 2.38. The van der Waals surface area contributed by atoms with Crippen LogP contribution < -0.4 is 0 Å². The lowest BCUT2D eigenvalue weighted by atomic mass is 9.80. The van der Waals surface area contributed by atoms with Crippen LogP contribution in [-0.4, -0.2) is 0 Å². The number of rotatable bonds is 11. The van der Waals surface area contributed by atoms with Crippen LogP contribution in [-0.2, 0) is 5.41 Å². The van der Waals surface area contributed by atoms with Crippen LogP contribution in [0, 0.1) is 0 Å². The van der Waals surface area contributed by atoms with Gasteiger partial charge in [-0.05, 0) is 17.4 Å². The molecule has 1 rings (SSSR count). The largest absolute Gasteiger partial charge is 0.0654 e. The first-order chi connectivity index (χ1) is 9.67. The first kappa shape index (κ1) is 17.3. The molecule has 20 heavy (non-hydrogen) atoms. The maximum Gasteiger partial charge on any atom is -0.0104 e. The number of benzene rings is 1. The molecular formula is C20H34. The van der Waals surface area contributed by atoms with Crippen molar-refractivity contribution in [3.8, 4) is 0 Å². The van der Waals surface area contributed by atoms with Crippen LogP contribution in [0.1, 0.15) is 90.5 Å². The van der Waals surface area contributed by atoms with Crippen molar-refractivity contribution in [2.45, 2.75) is 90.4 Å². The molecule has 0 fully saturated rings. The Morgan fingerprint density at radius 3 is 1.75 bits per heavy atom. The van der Waals surface area contributed by atoms with Crippen molar-refractivity contribution in [3.63, 3.8) is 0 Å². The molecule has 0 unspecified atom stereocenters. The summed E-state index contributed by atoms with van der Waals surface area (Å²) in [7, 11) is 0. The van der Waals surface area contributed by atoms with Crippen molar-refractivity contribution in [1.29, 1.82) is 0 Å². The number of unbranched alkanes of at least 4 members (excludes halogenated alkanes) is 8.